The molecule has 1 fully saturated rings. The van der Waals surface area contributed by atoms with E-state index in [4.69, 9.17) is 0 Å². The maximum atomic E-state index is 11.4. The van der Waals surface area contributed by atoms with Crippen molar-refractivity contribution in [1.29, 1.82) is 0 Å². The Morgan fingerprint density at radius 2 is 1.95 bits per heavy atom. The predicted molar refractivity (Wildman–Crippen MR) is 80.5 cm³/mol. The normalized spacial score (nSPS) is 22.4. The molecule has 0 atom stereocenters. The van der Waals surface area contributed by atoms with Gasteiger partial charge in [0.15, 0.2) is 0 Å². The van der Waals surface area contributed by atoms with Gasteiger partial charge in [-0.25, -0.2) is 0 Å². The van der Waals surface area contributed by atoms with Crippen LogP contribution in [0.4, 0.5) is 5.69 Å². The average Bonchev–Trinajstić information content (AvgIpc) is 2.43. The highest BCUT2D eigenvalue weighted by atomic mass is 16.3. The van der Waals surface area contributed by atoms with Gasteiger partial charge in [0, 0.05) is 32.2 Å². The van der Waals surface area contributed by atoms with Crippen molar-refractivity contribution in [3.63, 3.8) is 0 Å². The molecule has 0 bridgehead atoms. The van der Waals surface area contributed by atoms with Crippen LogP contribution in [0.3, 0.4) is 0 Å². The number of anilines is 1. The first kappa shape index (κ1) is 14.9. The lowest BCUT2D eigenvalue weighted by atomic mass is 9.93. The lowest BCUT2D eigenvalue weighted by Gasteiger charge is -2.28. The molecule has 20 heavy (non-hydrogen) atoms. The number of nitrogens with zero attached hydrogens (tertiary/aromatic N) is 1. The van der Waals surface area contributed by atoms with Crippen molar-refractivity contribution in [2.45, 2.75) is 51.3 Å². The molecule has 1 aromatic carbocycles. The number of amides is 1. The zero-order valence-corrected chi connectivity index (χ0v) is 12.3. The number of carbonyl (C=O) groups excluding carboxylic acids is 1. The third kappa shape index (κ3) is 3.97. The van der Waals surface area contributed by atoms with Gasteiger partial charge in [-0.2, -0.15) is 0 Å². The van der Waals surface area contributed by atoms with Crippen molar-refractivity contribution >= 4 is 11.6 Å². The van der Waals surface area contributed by atoms with Gasteiger partial charge < -0.3 is 15.3 Å². The fourth-order valence-corrected chi connectivity index (χ4v) is 2.61. The topological polar surface area (TPSA) is 52.6 Å². The Kier molecular flexibility index (Phi) is 5.01. The summed E-state index contributed by atoms with van der Waals surface area (Å²) >= 11 is 0. The van der Waals surface area contributed by atoms with Crippen LogP contribution >= 0.6 is 0 Å². The molecule has 0 unspecified atom stereocenters. The largest absolute Gasteiger partial charge is 0.393 e. The Morgan fingerprint density at radius 3 is 2.60 bits per heavy atom. The smallest absolute Gasteiger partial charge is 0.219 e. The van der Waals surface area contributed by atoms with E-state index in [2.05, 4.69) is 17.4 Å². The second kappa shape index (κ2) is 6.75. The van der Waals surface area contributed by atoms with Crippen molar-refractivity contribution in [3.05, 3.63) is 29.8 Å². The molecule has 110 valence electrons. The molecule has 4 nitrogen and oxygen atoms in total. The van der Waals surface area contributed by atoms with Crippen LogP contribution in [0, 0.1) is 0 Å². The zero-order valence-electron chi connectivity index (χ0n) is 12.3. The number of aliphatic hydroxyl groups is 1. The number of nitrogens with one attached hydrogen (secondary N) is 1. The van der Waals surface area contributed by atoms with E-state index in [-0.39, 0.29) is 12.0 Å². The van der Waals surface area contributed by atoms with Gasteiger partial charge in [0.1, 0.15) is 0 Å². The highest BCUT2D eigenvalue weighted by Gasteiger charge is 2.20. The number of benzene rings is 1. The molecule has 0 radical (unpaired) electrons. The molecule has 1 aliphatic carbocycles. The minimum absolute atomic E-state index is 0.0700. The number of para-hydroxylation sites is 1. The van der Waals surface area contributed by atoms with E-state index in [9.17, 15) is 9.90 Å². The van der Waals surface area contributed by atoms with Crippen LogP contribution in [0.25, 0.3) is 0 Å². The Hall–Kier alpha value is -1.55. The molecule has 0 heterocycles. The molecule has 1 aromatic rings. The first-order chi connectivity index (χ1) is 9.56. The summed E-state index contributed by atoms with van der Waals surface area (Å²) in [6, 6.07) is 8.55. The number of carbonyl (C=O) groups is 1. The summed E-state index contributed by atoms with van der Waals surface area (Å²) in [5.74, 6) is 0.0700. The van der Waals surface area contributed by atoms with Crippen LogP contribution in [0.2, 0.25) is 0 Å². The molecule has 0 aliphatic heterocycles. The van der Waals surface area contributed by atoms with Gasteiger partial charge in [-0.15, -0.1) is 0 Å². The molecule has 1 amide bonds. The van der Waals surface area contributed by atoms with E-state index in [0.717, 1.165) is 36.9 Å². The van der Waals surface area contributed by atoms with Crippen molar-refractivity contribution in [3.8, 4) is 0 Å². The molecular formula is C16H24N2O2. The van der Waals surface area contributed by atoms with Crippen molar-refractivity contribution in [2.24, 2.45) is 0 Å². The van der Waals surface area contributed by atoms with Crippen LogP contribution in [0.1, 0.15) is 38.2 Å². The maximum absolute atomic E-state index is 11.4. The van der Waals surface area contributed by atoms with Crippen LogP contribution in [-0.2, 0) is 11.3 Å². The summed E-state index contributed by atoms with van der Waals surface area (Å²) in [7, 11) is 1.82. The monoisotopic (exact) mass is 276 g/mol. The Bertz CT molecular complexity index is 454. The average molecular weight is 276 g/mol. The summed E-state index contributed by atoms with van der Waals surface area (Å²) in [5, 5.41) is 13.1. The predicted octanol–water partition coefficient (Wildman–Crippen LogP) is 2.38. The lowest BCUT2D eigenvalue weighted by molar-refractivity contribution is -0.128. The SMILES string of the molecule is CC(=O)N(C)Cc1ccccc1NC1CCC(O)CC1. The lowest BCUT2D eigenvalue weighted by Crippen LogP contribution is -2.29. The first-order valence-electron chi connectivity index (χ1n) is 7.30. The van der Waals surface area contributed by atoms with Crippen molar-refractivity contribution < 1.29 is 9.90 Å². The van der Waals surface area contributed by atoms with Gasteiger partial charge >= 0.3 is 0 Å². The fraction of sp³-hybridized carbons (Fsp3) is 0.562. The number of rotatable bonds is 4. The standard InChI is InChI=1S/C16H24N2O2/c1-12(19)18(2)11-13-5-3-4-6-16(13)17-14-7-9-15(20)10-8-14/h3-6,14-15,17,20H,7-11H2,1-2H3. The van der Waals surface area contributed by atoms with Gasteiger partial charge in [0.25, 0.3) is 0 Å². The van der Waals surface area contributed by atoms with Crippen molar-refractivity contribution in [1.82, 2.24) is 4.90 Å². The third-order valence-electron chi connectivity index (χ3n) is 4.02. The molecule has 4 heteroatoms. The summed E-state index contributed by atoms with van der Waals surface area (Å²) in [6.07, 6.45) is 3.60. The molecule has 0 spiro atoms. The Labute approximate surface area is 120 Å². The summed E-state index contributed by atoms with van der Waals surface area (Å²) in [5.41, 5.74) is 2.23. The molecule has 2 N–H and O–H groups in total. The van der Waals surface area contributed by atoms with E-state index in [0.29, 0.717) is 12.6 Å². The fourth-order valence-electron chi connectivity index (χ4n) is 2.61. The molecule has 0 saturated heterocycles. The second-order valence-corrected chi connectivity index (χ2v) is 5.68. The van der Waals surface area contributed by atoms with Gasteiger partial charge in [0.2, 0.25) is 5.91 Å². The van der Waals surface area contributed by atoms with Crippen LogP contribution in [0.5, 0.6) is 0 Å². The summed E-state index contributed by atoms with van der Waals surface area (Å²) in [6.45, 7) is 2.20. The van der Waals surface area contributed by atoms with E-state index in [1.807, 2.05) is 19.2 Å². The second-order valence-electron chi connectivity index (χ2n) is 5.68. The number of hydrogen-bond donors (Lipinski definition) is 2. The van der Waals surface area contributed by atoms with Gasteiger partial charge in [0.05, 0.1) is 6.10 Å². The molecular weight excluding hydrogens is 252 g/mol. The summed E-state index contributed by atoms with van der Waals surface area (Å²) < 4.78 is 0. The Morgan fingerprint density at radius 1 is 1.30 bits per heavy atom. The quantitative estimate of drug-likeness (QED) is 0.887. The highest BCUT2D eigenvalue weighted by Crippen LogP contribution is 2.24. The van der Waals surface area contributed by atoms with Crippen LogP contribution < -0.4 is 5.32 Å². The van der Waals surface area contributed by atoms with Gasteiger partial charge in [-0.3, -0.25) is 4.79 Å². The Balaban J connectivity index is 2.02. The minimum Gasteiger partial charge on any atom is -0.393 e. The van der Waals surface area contributed by atoms with E-state index in [1.165, 1.54) is 0 Å². The van der Waals surface area contributed by atoms with Gasteiger partial charge in [-0.1, -0.05) is 18.2 Å². The molecule has 1 aliphatic rings. The number of hydrogen-bond acceptors (Lipinski definition) is 3. The van der Waals surface area contributed by atoms with Crippen molar-refractivity contribution in [2.75, 3.05) is 12.4 Å². The molecule has 1 saturated carbocycles. The first-order valence-corrected chi connectivity index (χ1v) is 7.30. The maximum Gasteiger partial charge on any atom is 0.219 e. The van der Waals surface area contributed by atoms with Gasteiger partial charge in [-0.05, 0) is 37.3 Å². The molecule has 2 rings (SSSR count). The third-order valence-corrected chi connectivity index (χ3v) is 4.02. The van der Waals surface area contributed by atoms with Crippen LogP contribution in [-0.4, -0.2) is 35.1 Å². The van der Waals surface area contributed by atoms with Crippen LogP contribution in [0.15, 0.2) is 24.3 Å². The van der Waals surface area contributed by atoms with E-state index >= 15 is 0 Å². The molecule has 0 aromatic heterocycles. The van der Waals surface area contributed by atoms with E-state index in [1.54, 1.807) is 11.8 Å². The van der Waals surface area contributed by atoms with E-state index < -0.39 is 0 Å². The zero-order chi connectivity index (χ0) is 14.5. The highest BCUT2D eigenvalue weighted by molar-refractivity contribution is 5.73. The summed E-state index contributed by atoms with van der Waals surface area (Å²) in [4.78, 5) is 13.1. The number of aliphatic hydroxyl groups excluding tert-OH is 1. The minimum atomic E-state index is -0.132.